The third-order valence-electron chi connectivity index (χ3n) is 6.60. The zero-order valence-corrected chi connectivity index (χ0v) is 17.5. The van der Waals surface area contributed by atoms with Gasteiger partial charge in [0.05, 0.1) is 19.3 Å². The fraction of sp³-hybridized carbons (Fsp3) is 0.636. The van der Waals surface area contributed by atoms with Crippen molar-refractivity contribution in [2.24, 2.45) is 0 Å². The van der Waals surface area contributed by atoms with Crippen LogP contribution in [0.25, 0.3) is 0 Å². The van der Waals surface area contributed by atoms with Gasteiger partial charge in [-0.1, -0.05) is 37.3 Å². The van der Waals surface area contributed by atoms with Crippen LogP contribution in [0, 0.1) is 0 Å². The number of fused-ring (bicyclic) bond motifs is 2. The Balaban J connectivity index is 1.37. The molecule has 1 aromatic rings. The molecule has 8 heteroatoms. The van der Waals surface area contributed by atoms with Crippen LogP contribution in [0.3, 0.4) is 0 Å². The summed E-state index contributed by atoms with van der Waals surface area (Å²) in [7, 11) is 0. The zero-order chi connectivity index (χ0) is 21.1. The number of piperazine rings is 1. The standard InChI is InChI=1S/C22H31N3O5/c1-2-19(20-14-23(21(26)27)10-11-29-20)25-17-8-9-18(25)13-24(12-17)22(28)30-15-16-6-4-3-5-7-16/h3-7,17-20H,2,8-15H2,1H3,(H,26,27). The molecule has 4 unspecified atom stereocenters. The first kappa shape index (κ1) is 20.9. The van der Waals surface area contributed by atoms with E-state index in [4.69, 9.17) is 9.47 Å². The van der Waals surface area contributed by atoms with Gasteiger partial charge >= 0.3 is 12.2 Å². The average molecular weight is 418 g/mol. The Morgan fingerprint density at radius 3 is 2.47 bits per heavy atom. The summed E-state index contributed by atoms with van der Waals surface area (Å²) >= 11 is 0. The van der Waals surface area contributed by atoms with Crippen molar-refractivity contribution in [1.29, 1.82) is 0 Å². The van der Waals surface area contributed by atoms with Crippen LogP contribution in [-0.2, 0) is 16.1 Å². The van der Waals surface area contributed by atoms with Gasteiger partial charge in [0.25, 0.3) is 0 Å². The molecule has 2 amide bonds. The maximum Gasteiger partial charge on any atom is 0.410 e. The van der Waals surface area contributed by atoms with Crippen molar-refractivity contribution in [3.8, 4) is 0 Å². The molecule has 0 aliphatic carbocycles. The summed E-state index contributed by atoms with van der Waals surface area (Å²) in [6.45, 7) is 4.99. The molecule has 0 radical (unpaired) electrons. The van der Waals surface area contributed by atoms with Gasteiger partial charge in [-0.05, 0) is 24.8 Å². The van der Waals surface area contributed by atoms with Crippen molar-refractivity contribution in [1.82, 2.24) is 14.7 Å². The predicted octanol–water partition coefficient (Wildman–Crippen LogP) is 2.63. The minimum Gasteiger partial charge on any atom is -0.465 e. The van der Waals surface area contributed by atoms with E-state index in [0.717, 1.165) is 24.8 Å². The molecule has 3 saturated heterocycles. The summed E-state index contributed by atoms with van der Waals surface area (Å²) in [4.78, 5) is 29.8. The molecule has 164 valence electrons. The molecular weight excluding hydrogens is 386 g/mol. The monoisotopic (exact) mass is 417 g/mol. The highest BCUT2D eigenvalue weighted by Gasteiger charge is 2.47. The number of hydrogen-bond acceptors (Lipinski definition) is 5. The first-order chi connectivity index (χ1) is 14.6. The van der Waals surface area contributed by atoms with Crippen LogP contribution < -0.4 is 0 Å². The minimum atomic E-state index is -0.882. The second-order valence-corrected chi connectivity index (χ2v) is 8.39. The number of carbonyl (C=O) groups excluding carboxylic acids is 1. The first-order valence-corrected chi connectivity index (χ1v) is 10.9. The lowest BCUT2D eigenvalue weighted by atomic mass is 10.0. The van der Waals surface area contributed by atoms with E-state index in [1.54, 1.807) is 0 Å². The Morgan fingerprint density at radius 2 is 1.83 bits per heavy atom. The SMILES string of the molecule is CCC(C1CN(C(=O)O)CCO1)N1C2CCC1CN(C(=O)OCc1ccccc1)C2. The third kappa shape index (κ3) is 4.39. The number of likely N-dealkylation sites (tertiary alicyclic amines) is 1. The molecule has 8 nitrogen and oxygen atoms in total. The van der Waals surface area contributed by atoms with Gasteiger partial charge in [-0.25, -0.2) is 9.59 Å². The highest BCUT2D eigenvalue weighted by atomic mass is 16.6. The molecule has 1 aromatic carbocycles. The smallest absolute Gasteiger partial charge is 0.410 e. The number of carboxylic acid groups (broad SMARTS) is 1. The highest BCUT2D eigenvalue weighted by molar-refractivity contribution is 5.68. The first-order valence-electron chi connectivity index (χ1n) is 10.9. The summed E-state index contributed by atoms with van der Waals surface area (Å²) in [6.07, 6.45) is 1.71. The van der Waals surface area contributed by atoms with Gasteiger partial charge in [0.2, 0.25) is 0 Å². The quantitative estimate of drug-likeness (QED) is 0.793. The van der Waals surface area contributed by atoms with Crippen molar-refractivity contribution in [2.45, 2.75) is 57.0 Å². The Bertz CT molecular complexity index is 732. The maximum absolute atomic E-state index is 12.6. The fourth-order valence-corrected chi connectivity index (χ4v) is 5.18. The molecule has 30 heavy (non-hydrogen) atoms. The molecule has 0 spiro atoms. The summed E-state index contributed by atoms with van der Waals surface area (Å²) in [5.74, 6) is 0. The molecule has 4 rings (SSSR count). The molecule has 0 aromatic heterocycles. The van der Waals surface area contributed by atoms with Gasteiger partial charge in [0, 0.05) is 37.8 Å². The van der Waals surface area contributed by atoms with E-state index >= 15 is 0 Å². The average Bonchev–Trinajstić information content (AvgIpc) is 3.02. The van der Waals surface area contributed by atoms with Crippen molar-refractivity contribution in [2.75, 3.05) is 32.8 Å². The Labute approximate surface area is 177 Å². The second-order valence-electron chi connectivity index (χ2n) is 8.39. The predicted molar refractivity (Wildman–Crippen MR) is 110 cm³/mol. The van der Waals surface area contributed by atoms with E-state index in [1.165, 1.54) is 4.90 Å². The van der Waals surface area contributed by atoms with Crippen LogP contribution >= 0.6 is 0 Å². The number of carbonyl (C=O) groups is 2. The third-order valence-corrected chi connectivity index (χ3v) is 6.60. The van der Waals surface area contributed by atoms with Crippen LogP contribution in [0.1, 0.15) is 31.7 Å². The number of nitrogens with zero attached hydrogens (tertiary/aromatic N) is 3. The van der Waals surface area contributed by atoms with Crippen LogP contribution in [0.2, 0.25) is 0 Å². The lowest BCUT2D eigenvalue weighted by molar-refractivity contribution is -0.0874. The second kappa shape index (κ2) is 9.22. The van der Waals surface area contributed by atoms with Crippen molar-refractivity contribution in [3.63, 3.8) is 0 Å². The number of hydrogen-bond donors (Lipinski definition) is 1. The Hall–Kier alpha value is -2.32. The number of benzene rings is 1. The molecule has 2 bridgehead atoms. The molecule has 4 atom stereocenters. The molecular formula is C22H31N3O5. The molecule has 3 heterocycles. The van der Waals surface area contributed by atoms with Crippen LogP contribution in [0.4, 0.5) is 9.59 Å². The summed E-state index contributed by atoms with van der Waals surface area (Å²) < 4.78 is 11.5. The van der Waals surface area contributed by atoms with E-state index in [9.17, 15) is 14.7 Å². The minimum absolute atomic E-state index is 0.125. The normalized spacial score (nSPS) is 27.7. The molecule has 0 saturated carbocycles. The van der Waals surface area contributed by atoms with Crippen LogP contribution in [-0.4, -0.2) is 89.0 Å². The lowest BCUT2D eigenvalue weighted by Gasteiger charge is -2.48. The van der Waals surface area contributed by atoms with Crippen LogP contribution in [0.15, 0.2) is 30.3 Å². The number of amides is 2. The van der Waals surface area contributed by atoms with Gasteiger partial charge in [-0.15, -0.1) is 0 Å². The van der Waals surface area contributed by atoms with Crippen molar-refractivity contribution < 1.29 is 24.2 Å². The zero-order valence-electron chi connectivity index (χ0n) is 17.5. The molecule has 1 N–H and O–H groups in total. The van der Waals surface area contributed by atoms with Crippen LogP contribution in [0.5, 0.6) is 0 Å². The van der Waals surface area contributed by atoms with Gasteiger partial charge in [-0.2, -0.15) is 0 Å². The summed E-state index contributed by atoms with van der Waals surface area (Å²) in [5, 5.41) is 9.36. The molecule has 3 fully saturated rings. The summed E-state index contributed by atoms with van der Waals surface area (Å²) in [6, 6.07) is 10.4. The number of morpholine rings is 1. The van der Waals surface area contributed by atoms with Gasteiger partial charge in [-0.3, -0.25) is 4.90 Å². The van der Waals surface area contributed by atoms with E-state index in [0.29, 0.717) is 32.8 Å². The fourth-order valence-electron chi connectivity index (χ4n) is 5.18. The number of rotatable bonds is 5. The van der Waals surface area contributed by atoms with Crippen molar-refractivity contribution >= 4 is 12.2 Å². The largest absolute Gasteiger partial charge is 0.465 e. The maximum atomic E-state index is 12.6. The van der Waals surface area contributed by atoms with Crippen molar-refractivity contribution in [3.05, 3.63) is 35.9 Å². The topological polar surface area (TPSA) is 82.6 Å². The van der Waals surface area contributed by atoms with E-state index in [-0.39, 0.29) is 36.9 Å². The Morgan fingerprint density at radius 1 is 1.13 bits per heavy atom. The lowest BCUT2D eigenvalue weighted by Crippen LogP contribution is -2.63. The van der Waals surface area contributed by atoms with E-state index < -0.39 is 6.09 Å². The number of ether oxygens (including phenoxy) is 2. The molecule has 3 aliphatic heterocycles. The van der Waals surface area contributed by atoms with Gasteiger partial charge < -0.3 is 24.4 Å². The highest BCUT2D eigenvalue weighted by Crippen LogP contribution is 2.35. The molecule has 3 aliphatic rings. The summed E-state index contributed by atoms with van der Waals surface area (Å²) in [5.41, 5.74) is 0.982. The van der Waals surface area contributed by atoms with E-state index in [2.05, 4.69) is 11.8 Å². The van der Waals surface area contributed by atoms with E-state index in [1.807, 2.05) is 35.2 Å². The Kier molecular flexibility index (Phi) is 6.43. The van der Waals surface area contributed by atoms with Gasteiger partial charge in [0.15, 0.2) is 0 Å². The van der Waals surface area contributed by atoms with Gasteiger partial charge in [0.1, 0.15) is 6.61 Å².